The lowest BCUT2D eigenvalue weighted by Crippen LogP contribution is -2.30. The third-order valence-corrected chi connectivity index (χ3v) is 5.57. The molecule has 0 spiro atoms. The molecule has 0 fully saturated rings. The van der Waals surface area contributed by atoms with E-state index in [0.717, 1.165) is 49.5 Å². The lowest BCUT2D eigenvalue weighted by molar-refractivity contribution is -0.660. The maximum absolute atomic E-state index is 8.51. The molecule has 138 valence electrons. The minimum Gasteiger partial charge on any atom is -0.455 e. The van der Waals surface area contributed by atoms with Crippen molar-refractivity contribution in [1.82, 2.24) is 0 Å². The van der Waals surface area contributed by atoms with E-state index >= 15 is 0 Å². The summed E-state index contributed by atoms with van der Waals surface area (Å²) in [5.74, 6) is -1.70. The van der Waals surface area contributed by atoms with Gasteiger partial charge in [0, 0.05) is 39.3 Å². The van der Waals surface area contributed by atoms with E-state index in [-0.39, 0.29) is 0 Å². The van der Waals surface area contributed by atoms with Gasteiger partial charge in [-0.05, 0) is 47.5 Å². The molecule has 0 saturated carbocycles. The van der Waals surface area contributed by atoms with Crippen LogP contribution in [-0.4, -0.2) is 0 Å². The predicted octanol–water partition coefficient (Wildman–Crippen LogP) is 6.66. The molecule has 3 aromatic carbocycles. The molecule has 0 bridgehead atoms. The second kappa shape index (κ2) is 6.20. The van der Waals surface area contributed by atoms with E-state index in [1.54, 1.807) is 6.07 Å². The van der Waals surface area contributed by atoms with Crippen LogP contribution in [0, 0.1) is 6.92 Å². The molecule has 2 heterocycles. The quantitative estimate of drug-likeness (QED) is 0.317. The molecule has 0 radical (unpaired) electrons. The number of rotatable bonds is 2. The molecule has 28 heavy (non-hydrogen) atoms. The number of benzene rings is 3. The molecular weight excluding hydrogens is 342 g/mol. The van der Waals surface area contributed by atoms with Crippen LogP contribution in [0.3, 0.4) is 0 Å². The molecule has 0 N–H and O–H groups in total. The average molecular weight is 371 g/mol. The van der Waals surface area contributed by atoms with Crippen molar-refractivity contribution >= 4 is 32.7 Å². The Morgan fingerprint density at radius 1 is 1.00 bits per heavy atom. The van der Waals surface area contributed by atoms with Gasteiger partial charge in [0.05, 0.1) is 0 Å². The highest BCUT2D eigenvalue weighted by molar-refractivity contribution is 6.15. The number of hydrogen-bond donors (Lipinski definition) is 0. The van der Waals surface area contributed by atoms with Crippen molar-refractivity contribution in [3.63, 3.8) is 0 Å². The van der Waals surface area contributed by atoms with Gasteiger partial charge in [-0.25, -0.2) is 4.57 Å². The zero-order chi connectivity index (χ0) is 22.8. The molecule has 0 aliphatic heterocycles. The number of hydrogen-bond acceptors (Lipinski definition) is 1. The summed E-state index contributed by atoms with van der Waals surface area (Å²) in [7, 11) is 1.93. The van der Waals surface area contributed by atoms with Crippen molar-refractivity contribution in [1.29, 1.82) is 0 Å². The zero-order valence-electron chi connectivity index (χ0n) is 20.2. The first-order chi connectivity index (χ1) is 15.1. The van der Waals surface area contributed by atoms with Gasteiger partial charge in [0.15, 0.2) is 6.20 Å². The average Bonchev–Trinajstić information content (AvgIpc) is 3.10. The number of furan rings is 1. The van der Waals surface area contributed by atoms with Crippen LogP contribution in [0.5, 0.6) is 0 Å². The van der Waals surface area contributed by atoms with Gasteiger partial charge in [0.1, 0.15) is 18.2 Å². The Balaban J connectivity index is 1.76. The van der Waals surface area contributed by atoms with Crippen molar-refractivity contribution in [2.45, 2.75) is 26.6 Å². The Kier molecular flexibility index (Phi) is 2.90. The molecule has 0 aliphatic rings. The molecule has 5 aromatic rings. The first-order valence-electron chi connectivity index (χ1n) is 11.4. The van der Waals surface area contributed by atoms with Crippen LogP contribution in [-0.2, 0) is 7.05 Å². The number of aromatic nitrogens is 1. The van der Waals surface area contributed by atoms with E-state index in [1.165, 1.54) is 6.92 Å². The van der Waals surface area contributed by atoms with E-state index in [1.807, 2.05) is 49.0 Å². The van der Waals surface area contributed by atoms with Gasteiger partial charge in [-0.15, -0.1) is 0 Å². The second-order valence-corrected chi connectivity index (χ2v) is 7.47. The molecule has 1 atom stereocenters. The summed E-state index contributed by atoms with van der Waals surface area (Å²) in [4.78, 5) is 0. The largest absolute Gasteiger partial charge is 0.455 e. The molecule has 0 aliphatic carbocycles. The van der Waals surface area contributed by atoms with Gasteiger partial charge in [0.25, 0.3) is 0 Å². The van der Waals surface area contributed by atoms with Crippen LogP contribution >= 0.6 is 0 Å². The van der Waals surface area contributed by atoms with Crippen molar-refractivity contribution in [2.24, 2.45) is 7.05 Å². The zero-order valence-corrected chi connectivity index (χ0v) is 16.2. The first-order valence-corrected chi connectivity index (χ1v) is 9.43. The van der Waals surface area contributed by atoms with Gasteiger partial charge < -0.3 is 4.42 Å². The monoisotopic (exact) mass is 370 g/mol. The lowest BCUT2D eigenvalue weighted by Gasteiger charge is -2.09. The van der Waals surface area contributed by atoms with Gasteiger partial charge in [-0.2, -0.15) is 0 Å². The first kappa shape index (κ1) is 13.1. The summed E-state index contributed by atoms with van der Waals surface area (Å²) in [6.07, 6.45) is 1.83. The van der Waals surface area contributed by atoms with Crippen LogP contribution < -0.4 is 4.57 Å². The van der Waals surface area contributed by atoms with Crippen molar-refractivity contribution in [2.75, 3.05) is 0 Å². The Labute approximate surface area is 170 Å². The van der Waals surface area contributed by atoms with Gasteiger partial charge in [0.2, 0.25) is 5.69 Å². The van der Waals surface area contributed by atoms with Crippen LogP contribution in [0.4, 0.5) is 0 Å². The van der Waals surface area contributed by atoms with Gasteiger partial charge >= 0.3 is 0 Å². The SMILES string of the molecule is [2H]C([2H])([2H])C([2H])(C)c1cc[n+](C)c(-c2cc3c(cc2C)oc2c4ccccc4ccc32)c1. The van der Waals surface area contributed by atoms with Crippen LogP contribution in [0.25, 0.3) is 44.0 Å². The van der Waals surface area contributed by atoms with E-state index in [2.05, 4.69) is 30.3 Å². The second-order valence-electron chi connectivity index (χ2n) is 7.47. The minimum atomic E-state index is -2.43. The summed E-state index contributed by atoms with van der Waals surface area (Å²) in [6, 6.07) is 20.1. The molecule has 2 aromatic heterocycles. The Bertz CT molecular complexity index is 1510. The minimum absolute atomic E-state index is 0.466. The Hall–Kier alpha value is -3.13. The highest BCUT2D eigenvalue weighted by atomic mass is 16.3. The van der Waals surface area contributed by atoms with Crippen LogP contribution in [0.15, 0.2) is 71.3 Å². The molecule has 2 nitrogen and oxygen atoms in total. The van der Waals surface area contributed by atoms with Crippen LogP contribution in [0.2, 0.25) is 0 Å². The number of fused-ring (bicyclic) bond motifs is 5. The standard InChI is InChI=1S/C26H24NO/c1-16(2)19-11-12-27(4)24(14-19)22-15-23-21-10-9-18-7-5-6-8-20(18)26(21)28-25(23)13-17(22)3/h5-16H,1-4H3/q+1/i1D3,16D. The molecule has 0 saturated heterocycles. The third-order valence-electron chi connectivity index (χ3n) is 5.57. The molecule has 2 heteroatoms. The maximum atomic E-state index is 8.51. The molecule has 1 unspecified atom stereocenters. The summed E-state index contributed by atoms with van der Waals surface area (Å²) >= 11 is 0. The smallest absolute Gasteiger partial charge is 0.212 e. The van der Waals surface area contributed by atoms with Gasteiger partial charge in [-0.1, -0.05) is 44.1 Å². The summed E-state index contributed by atoms with van der Waals surface area (Å²) < 4.78 is 40.2. The topological polar surface area (TPSA) is 17.0 Å². The van der Waals surface area contributed by atoms with Gasteiger partial charge in [-0.3, -0.25) is 0 Å². The summed E-state index contributed by atoms with van der Waals surface area (Å²) in [5, 5.41) is 4.28. The van der Waals surface area contributed by atoms with Crippen LogP contribution in [0.1, 0.15) is 36.3 Å². The van der Waals surface area contributed by atoms with E-state index < -0.39 is 12.7 Å². The lowest BCUT2D eigenvalue weighted by atomic mass is 9.97. The molecular formula is C26H24NO+. The van der Waals surface area contributed by atoms with E-state index in [9.17, 15) is 0 Å². The fourth-order valence-electron chi connectivity index (χ4n) is 4.00. The number of nitrogens with zero attached hydrogens (tertiary/aromatic N) is 1. The molecule has 5 rings (SSSR count). The van der Waals surface area contributed by atoms with E-state index in [4.69, 9.17) is 9.90 Å². The Morgan fingerprint density at radius 3 is 2.71 bits per heavy atom. The number of pyridine rings is 1. The van der Waals surface area contributed by atoms with Crippen molar-refractivity contribution in [3.05, 3.63) is 78.0 Å². The molecule has 0 amide bonds. The van der Waals surface area contributed by atoms with Crippen molar-refractivity contribution in [3.8, 4) is 11.3 Å². The van der Waals surface area contributed by atoms with E-state index in [0.29, 0.717) is 5.56 Å². The fraction of sp³-hybridized carbons (Fsp3) is 0.192. The normalized spacial score (nSPS) is 16.5. The van der Waals surface area contributed by atoms with Crippen molar-refractivity contribution < 1.29 is 14.5 Å². The predicted molar refractivity (Wildman–Crippen MR) is 117 cm³/mol. The Morgan fingerprint density at radius 2 is 1.86 bits per heavy atom. The fourth-order valence-corrected chi connectivity index (χ4v) is 4.00. The number of aryl methyl sites for hydroxylation is 2. The highest BCUT2D eigenvalue weighted by Gasteiger charge is 2.18. The third kappa shape index (κ3) is 2.52. The highest BCUT2D eigenvalue weighted by Crippen LogP contribution is 2.37. The summed E-state index contributed by atoms with van der Waals surface area (Å²) in [5.41, 5.74) is 5.03. The maximum Gasteiger partial charge on any atom is 0.212 e. The summed E-state index contributed by atoms with van der Waals surface area (Å²) in [6.45, 7) is 1.05.